The molecule has 1 aromatic carbocycles. The normalized spacial score (nSPS) is 25.7. The summed E-state index contributed by atoms with van der Waals surface area (Å²) in [7, 11) is 0. The average molecular weight is 566 g/mol. The molecule has 1 amide bonds. The van der Waals surface area contributed by atoms with Gasteiger partial charge in [0.25, 0.3) is 5.56 Å². The molecule has 4 fully saturated rings. The SMILES string of the molecule is CC1(C(=O)N2CCC(O)(Cn3cnc4c(cc(Cl)n4-c4ccc([C@H]5CO[C@H](C6CC6)CN5)cc4)c3=O)CC2)CC1. The number of piperidine rings is 1. The first-order valence-corrected chi connectivity index (χ1v) is 14.8. The van der Waals surface area contributed by atoms with Gasteiger partial charge in [0, 0.05) is 30.7 Å². The molecule has 2 saturated heterocycles. The Morgan fingerprint density at radius 3 is 2.52 bits per heavy atom. The molecule has 2 atom stereocenters. The number of nitrogens with zero attached hydrogens (tertiary/aromatic N) is 4. The standard InChI is InChI=1S/C30H36ClN5O4/c1-29(8-9-29)28(38)34-12-10-30(39,11-13-34)17-35-18-33-26-22(27(35)37)14-25(31)36(26)21-6-4-19(5-7-21)23-16-40-24(15-32-23)20-2-3-20/h4-7,14,18,20,23-24,32,39H,2-3,8-13,15-17H2,1H3/t23-,24+/m1/s1. The van der Waals surface area contributed by atoms with Crippen molar-refractivity contribution >= 4 is 28.5 Å². The summed E-state index contributed by atoms with van der Waals surface area (Å²) in [5.41, 5.74) is 0.921. The van der Waals surface area contributed by atoms with E-state index in [1.807, 2.05) is 24.0 Å². The topological polar surface area (TPSA) is 102 Å². The Bertz CT molecular complexity index is 1490. The van der Waals surface area contributed by atoms with Crippen LogP contribution in [0.4, 0.5) is 0 Å². The van der Waals surface area contributed by atoms with Gasteiger partial charge in [-0.05, 0) is 68.2 Å². The van der Waals surface area contributed by atoms with Crippen molar-refractivity contribution < 1.29 is 14.6 Å². The molecule has 2 N–H and O–H groups in total. The highest BCUT2D eigenvalue weighted by molar-refractivity contribution is 6.31. The lowest BCUT2D eigenvalue weighted by atomic mass is 9.90. The summed E-state index contributed by atoms with van der Waals surface area (Å²) >= 11 is 6.63. The van der Waals surface area contributed by atoms with E-state index in [4.69, 9.17) is 16.3 Å². The summed E-state index contributed by atoms with van der Waals surface area (Å²) in [6.45, 7) is 4.67. The van der Waals surface area contributed by atoms with Crippen molar-refractivity contribution in [2.75, 3.05) is 26.2 Å². The van der Waals surface area contributed by atoms with Crippen molar-refractivity contribution in [1.82, 2.24) is 24.3 Å². The molecular weight excluding hydrogens is 530 g/mol. The van der Waals surface area contributed by atoms with Crippen LogP contribution in [0.3, 0.4) is 0 Å². The number of nitrogens with one attached hydrogen (secondary N) is 1. The Hall–Kier alpha value is -2.72. The number of carbonyl (C=O) groups excluding carboxylic acids is 1. The molecule has 9 nitrogen and oxygen atoms in total. The third-order valence-corrected chi connectivity index (χ3v) is 9.72. The van der Waals surface area contributed by atoms with E-state index in [1.54, 1.807) is 10.6 Å². The summed E-state index contributed by atoms with van der Waals surface area (Å²) in [5, 5.41) is 15.7. The van der Waals surface area contributed by atoms with Crippen molar-refractivity contribution in [3.63, 3.8) is 0 Å². The molecule has 7 rings (SSSR count). The van der Waals surface area contributed by atoms with E-state index in [9.17, 15) is 14.7 Å². The number of rotatable bonds is 6. The van der Waals surface area contributed by atoms with E-state index in [0.717, 1.165) is 36.6 Å². The number of ether oxygens (including phenoxy) is 1. The van der Waals surface area contributed by atoms with Crippen LogP contribution in [0.5, 0.6) is 0 Å². The Morgan fingerprint density at radius 2 is 1.90 bits per heavy atom. The van der Waals surface area contributed by atoms with Gasteiger partial charge in [-0.1, -0.05) is 30.7 Å². The zero-order valence-corrected chi connectivity index (χ0v) is 23.6. The van der Waals surface area contributed by atoms with E-state index < -0.39 is 5.60 Å². The largest absolute Gasteiger partial charge is 0.388 e. The van der Waals surface area contributed by atoms with Gasteiger partial charge in [-0.2, -0.15) is 0 Å². The molecular formula is C30H36ClN5O4. The van der Waals surface area contributed by atoms with Crippen LogP contribution in [-0.2, 0) is 16.1 Å². The third kappa shape index (κ3) is 4.76. The Kier molecular flexibility index (Phi) is 6.34. The molecule has 2 aromatic heterocycles. The molecule has 0 radical (unpaired) electrons. The van der Waals surface area contributed by atoms with E-state index in [0.29, 0.717) is 54.8 Å². The summed E-state index contributed by atoms with van der Waals surface area (Å²) in [4.78, 5) is 32.6. The lowest BCUT2D eigenvalue weighted by molar-refractivity contribution is -0.141. The molecule has 0 spiro atoms. The van der Waals surface area contributed by atoms with Crippen molar-refractivity contribution in [3.8, 4) is 5.69 Å². The molecule has 40 heavy (non-hydrogen) atoms. The number of aliphatic hydroxyl groups is 1. The second kappa shape index (κ2) is 9.69. The highest BCUT2D eigenvalue weighted by Gasteiger charge is 2.48. The first-order valence-electron chi connectivity index (χ1n) is 14.5. The number of likely N-dealkylation sites (tertiary alicyclic amines) is 1. The summed E-state index contributed by atoms with van der Waals surface area (Å²) in [6, 6.07) is 9.90. The second-order valence-corrected chi connectivity index (χ2v) is 12.9. The predicted octanol–water partition coefficient (Wildman–Crippen LogP) is 3.43. The van der Waals surface area contributed by atoms with Gasteiger partial charge < -0.3 is 20.1 Å². The number of hydrogen-bond donors (Lipinski definition) is 2. The average Bonchev–Trinajstić information content (AvgIpc) is 3.90. The minimum atomic E-state index is -1.07. The highest BCUT2D eigenvalue weighted by Crippen LogP contribution is 2.47. The molecule has 3 aromatic rings. The number of aromatic nitrogens is 3. The quantitative estimate of drug-likeness (QED) is 0.475. The Labute approximate surface area is 238 Å². The number of amides is 1. The predicted molar refractivity (Wildman–Crippen MR) is 152 cm³/mol. The third-order valence-electron chi connectivity index (χ3n) is 9.45. The molecule has 2 aliphatic heterocycles. The van der Waals surface area contributed by atoms with E-state index >= 15 is 0 Å². The fourth-order valence-corrected chi connectivity index (χ4v) is 6.55. The van der Waals surface area contributed by atoms with Gasteiger partial charge in [0.1, 0.15) is 11.5 Å². The molecule has 0 bridgehead atoms. The first-order chi connectivity index (χ1) is 19.2. The van der Waals surface area contributed by atoms with Crippen molar-refractivity contribution in [2.45, 2.75) is 69.7 Å². The van der Waals surface area contributed by atoms with Crippen LogP contribution >= 0.6 is 11.6 Å². The molecule has 10 heteroatoms. The number of halogens is 1. The first kappa shape index (κ1) is 26.2. The summed E-state index contributed by atoms with van der Waals surface area (Å²) in [6.07, 6.45) is 7.11. The smallest absolute Gasteiger partial charge is 0.262 e. The van der Waals surface area contributed by atoms with Crippen molar-refractivity contribution in [3.05, 3.63) is 57.7 Å². The van der Waals surface area contributed by atoms with Gasteiger partial charge in [0.2, 0.25) is 5.91 Å². The van der Waals surface area contributed by atoms with E-state index in [-0.39, 0.29) is 29.5 Å². The van der Waals surface area contributed by atoms with Crippen molar-refractivity contribution in [2.24, 2.45) is 11.3 Å². The molecule has 2 aliphatic carbocycles. The van der Waals surface area contributed by atoms with Crippen LogP contribution in [-0.4, -0.2) is 68.0 Å². The molecule has 212 valence electrons. The van der Waals surface area contributed by atoms with Crippen LogP contribution < -0.4 is 10.9 Å². The minimum Gasteiger partial charge on any atom is -0.388 e. The van der Waals surface area contributed by atoms with Crippen LogP contribution in [0.15, 0.2) is 41.5 Å². The molecule has 0 unspecified atom stereocenters. The zero-order chi connectivity index (χ0) is 27.6. The van der Waals surface area contributed by atoms with E-state index in [2.05, 4.69) is 22.4 Å². The van der Waals surface area contributed by atoms with Gasteiger partial charge >= 0.3 is 0 Å². The summed E-state index contributed by atoms with van der Waals surface area (Å²) < 4.78 is 9.34. The molecule has 2 saturated carbocycles. The van der Waals surface area contributed by atoms with Crippen molar-refractivity contribution in [1.29, 1.82) is 0 Å². The van der Waals surface area contributed by atoms with Gasteiger partial charge in [-0.15, -0.1) is 0 Å². The molecule has 4 aliphatic rings. The van der Waals surface area contributed by atoms with E-state index in [1.165, 1.54) is 23.7 Å². The Morgan fingerprint density at radius 1 is 1.18 bits per heavy atom. The van der Waals surface area contributed by atoms with Crippen LogP contribution in [0, 0.1) is 11.3 Å². The fraction of sp³-hybridized carbons (Fsp3) is 0.567. The van der Waals surface area contributed by atoms with Crippen LogP contribution in [0.2, 0.25) is 5.15 Å². The number of benzene rings is 1. The number of morpholine rings is 1. The lowest BCUT2D eigenvalue weighted by Crippen LogP contribution is -2.51. The lowest BCUT2D eigenvalue weighted by Gasteiger charge is -2.39. The highest BCUT2D eigenvalue weighted by atomic mass is 35.5. The van der Waals surface area contributed by atoms with Gasteiger partial charge in [-0.25, -0.2) is 4.98 Å². The van der Waals surface area contributed by atoms with Crippen LogP contribution in [0.1, 0.15) is 57.1 Å². The number of fused-ring (bicyclic) bond motifs is 1. The zero-order valence-electron chi connectivity index (χ0n) is 22.8. The maximum atomic E-state index is 13.4. The molecule has 4 heterocycles. The summed E-state index contributed by atoms with van der Waals surface area (Å²) in [5.74, 6) is 0.906. The second-order valence-electron chi connectivity index (χ2n) is 12.6. The van der Waals surface area contributed by atoms with Gasteiger partial charge in [0.05, 0.1) is 36.3 Å². The number of hydrogen-bond acceptors (Lipinski definition) is 6. The monoisotopic (exact) mass is 565 g/mol. The van der Waals surface area contributed by atoms with Gasteiger partial charge in [0.15, 0.2) is 5.65 Å². The van der Waals surface area contributed by atoms with Crippen LogP contribution in [0.25, 0.3) is 16.7 Å². The maximum Gasteiger partial charge on any atom is 0.262 e. The fourth-order valence-electron chi connectivity index (χ4n) is 6.27. The minimum absolute atomic E-state index is 0.129. The number of carbonyl (C=O) groups is 1. The Balaban J connectivity index is 1.06. The maximum absolute atomic E-state index is 13.4. The van der Waals surface area contributed by atoms with Gasteiger partial charge in [-0.3, -0.25) is 18.7 Å².